The molecule has 0 spiro atoms. The molecule has 2 heterocycles. The van der Waals surface area contributed by atoms with E-state index in [1.54, 1.807) is 0 Å². The fourth-order valence-electron chi connectivity index (χ4n) is 6.00. The predicted octanol–water partition coefficient (Wildman–Crippen LogP) is 4.91. The van der Waals surface area contributed by atoms with E-state index in [9.17, 15) is 14.7 Å². The summed E-state index contributed by atoms with van der Waals surface area (Å²) in [5.74, 6) is 0.507. The van der Waals surface area contributed by atoms with E-state index in [1.165, 1.54) is 43.2 Å². The second-order valence-electron chi connectivity index (χ2n) is 10.3. The zero-order chi connectivity index (χ0) is 22.5. The van der Waals surface area contributed by atoms with E-state index in [1.807, 2.05) is 0 Å². The van der Waals surface area contributed by atoms with Crippen LogP contribution in [0.3, 0.4) is 0 Å². The lowest BCUT2D eigenvalue weighted by Gasteiger charge is -2.31. The smallest absolute Gasteiger partial charge is 0.307 e. The highest BCUT2D eigenvalue weighted by Gasteiger charge is 2.33. The molecular weight excluding hydrogens is 400 g/mol. The number of piperidine rings is 1. The van der Waals surface area contributed by atoms with Gasteiger partial charge in [-0.05, 0) is 81.0 Å². The van der Waals surface area contributed by atoms with Crippen molar-refractivity contribution in [3.8, 4) is 0 Å². The Morgan fingerprint density at radius 2 is 1.88 bits per heavy atom. The number of nitrogens with zero attached hydrogens (tertiary/aromatic N) is 2. The van der Waals surface area contributed by atoms with Crippen molar-refractivity contribution in [3.05, 3.63) is 29.3 Å². The molecule has 1 N–H and O–H groups in total. The number of benzene rings is 1. The maximum atomic E-state index is 13.3. The number of carbonyl (C=O) groups is 2. The van der Waals surface area contributed by atoms with Gasteiger partial charge in [-0.3, -0.25) is 9.59 Å². The minimum Gasteiger partial charge on any atom is -0.481 e. The van der Waals surface area contributed by atoms with Crippen LogP contribution in [0.15, 0.2) is 18.2 Å². The third-order valence-corrected chi connectivity index (χ3v) is 8.04. The van der Waals surface area contributed by atoms with Crippen LogP contribution in [0.5, 0.6) is 0 Å². The van der Waals surface area contributed by atoms with Gasteiger partial charge in [-0.1, -0.05) is 38.3 Å². The van der Waals surface area contributed by atoms with E-state index < -0.39 is 5.97 Å². The number of anilines is 1. The number of likely N-dealkylation sites (tertiary alicyclic amines) is 1. The van der Waals surface area contributed by atoms with Crippen molar-refractivity contribution in [1.82, 2.24) is 4.90 Å². The first kappa shape index (κ1) is 23.3. The Hall–Kier alpha value is -1.88. The Morgan fingerprint density at radius 3 is 2.62 bits per heavy atom. The zero-order valence-corrected chi connectivity index (χ0v) is 19.7. The van der Waals surface area contributed by atoms with Crippen LogP contribution in [0.1, 0.15) is 75.8 Å². The van der Waals surface area contributed by atoms with Gasteiger partial charge in [0.25, 0.3) is 0 Å². The Bertz CT molecular complexity index is 800. The topological polar surface area (TPSA) is 60.9 Å². The molecule has 1 aromatic rings. The van der Waals surface area contributed by atoms with E-state index in [0.717, 1.165) is 69.8 Å². The minimum atomic E-state index is -0.661. The second kappa shape index (κ2) is 10.8. The van der Waals surface area contributed by atoms with Crippen LogP contribution in [0.4, 0.5) is 5.69 Å². The molecule has 5 heteroatoms. The van der Waals surface area contributed by atoms with E-state index in [2.05, 4.69) is 34.9 Å². The molecule has 1 atom stereocenters. The molecule has 176 valence electrons. The molecule has 2 fully saturated rings. The summed E-state index contributed by atoms with van der Waals surface area (Å²) in [6, 6.07) is 6.60. The molecule has 1 aromatic carbocycles. The number of amides is 1. The normalized spacial score (nSPS) is 26.2. The van der Waals surface area contributed by atoms with Crippen LogP contribution in [0.2, 0.25) is 0 Å². The highest BCUT2D eigenvalue weighted by molar-refractivity contribution is 5.97. The fourth-order valence-corrected chi connectivity index (χ4v) is 6.00. The van der Waals surface area contributed by atoms with E-state index in [-0.39, 0.29) is 11.8 Å². The molecular formula is C27H40N2O3. The monoisotopic (exact) mass is 440 g/mol. The number of rotatable bonds is 8. The number of carboxylic acid groups (broad SMARTS) is 1. The van der Waals surface area contributed by atoms with E-state index in [0.29, 0.717) is 12.5 Å². The van der Waals surface area contributed by atoms with E-state index >= 15 is 0 Å². The van der Waals surface area contributed by atoms with Gasteiger partial charge in [-0.25, -0.2) is 0 Å². The van der Waals surface area contributed by atoms with Gasteiger partial charge in [-0.2, -0.15) is 0 Å². The highest BCUT2D eigenvalue weighted by Crippen LogP contribution is 2.36. The summed E-state index contributed by atoms with van der Waals surface area (Å²) in [6.07, 6.45) is 12.1. The molecule has 1 saturated carbocycles. The molecule has 1 unspecified atom stereocenters. The van der Waals surface area contributed by atoms with Crippen molar-refractivity contribution in [2.75, 3.05) is 31.1 Å². The fraction of sp³-hybridized carbons (Fsp3) is 0.704. The molecule has 32 heavy (non-hydrogen) atoms. The largest absolute Gasteiger partial charge is 0.481 e. The maximum absolute atomic E-state index is 13.3. The molecule has 3 aliphatic rings. The van der Waals surface area contributed by atoms with Gasteiger partial charge in [0, 0.05) is 31.2 Å². The lowest BCUT2D eigenvalue weighted by atomic mass is 9.79. The first-order valence-electron chi connectivity index (χ1n) is 12.9. The third-order valence-electron chi connectivity index (χ3n) is 8.04. The van der Waals surface area contributed by atoms with Crippen molar-refractivity contribution in [3.63, 3.8) is 0 Å². The molecule has 1 aliphatic carbocycles. The van der Waals surface area contributed by atoms with Gasteiger partial charge in [0.1, 0.15) is 0 Å². The Morgan fingerprint density at radius 1 is 1.06 bits per heavy atom. The number of hydrogen-bond acceptors (Lipinski definition) is 3. The van der Waals surface area contributed by atoms with Crippen molar-refractivity contribution >= 4 is 17.6 Å². The molecule has 0 bridgehead atoms. The predicted molar refractivity (Wildman–Crippen MR) is 128 cm³/mol. The molecule has 0 aromatic heterocycles. The number of carboxylic acids is 1. The molecule has 1 saturated heterocycles. The number of hydrogen-bond donors (Lipinski definition) is 1. The summed E-state index contributed by atoms with van der Waals surface area (Å²) in [5, 5.41) is 9.30. The molecule has 0 radical (unpaired) electrons. The van der Waals surface area contributed by atoms with Crippen molar-refractivity contribution < 1.29 is 14.7 Å². The average Bonchev–Trinajstić information content (AvgIpc) is 3.24. The first-order valence-corrected chi connectivity index (χ1v) is 12.9. The Balaban J connectivity index is 1.30. The third kappa shape index (κ3) is 5.54. The summed E-state index contributed by atoms with van der Waals surface area (Å²) in [4.78, 5) is 28.9. The summed E-state index contributed by atoms with van der Waals surface area (Å²) >= 11 is 0. The number of unbranched alkanes of at least 4 members (excludes halogenated alkanes) is 1. The van der Waals surface area contributed by atoms with Gasteiger partial charge in [0.15, 0.2) is 0 Å². The van der Waals surface area contributed by atoms with Gasteiger partial charge in [-0.15, -0.1) is 0 Å². The molecule has 2 aliphatic heterocycles. The van der Waals surface area contributed by atoms with Crippen molar-refractivity contribution in [2.45, 2.75) is 77.6 Å². The van der Waals surface area contributed by atoms with Crippen LogP contribution < -0.4 is 4.90 Å². The standard InChI is InChI=1S/C27H40N2O3/c1-2-3-5-20-7-10-22(11-8-20)26(30)29-17-14-23-18-21(9-12-25(23)29)13-16-28-15-4-6-24(19-28)27(31)32/h9,12,18,20,22,24H,2-8,10-11,13-17,19H2,1H3,(H,31,32). The summed E-state index contributed by atoms with van der Waals surface area (Å²) in [7, 11) is 0. The minimum absolute atomic E-state index is 0.208. The number of carbonyl (C=O) groups excluding carboxylic acids is 1. The van der Waals surface area contributed by atoms with Crippen LogP contribution in [-0.2, 0) is 22.4 Å². The number of fused-ring (bicyclic) bond motifs is 1. The van der Waals surface area contributed by atoms with Gasteiger partial charge in [0.2, 0.25) is 5.91 Å². The van der Waals surface area contributed by atoms with Crippen LogP contribution in [0, 0.1) is 17.8 Å². The van der Waals surface area contributed by atoms with Crippen molar-refractivity contribution in [1.29, 1.82) is 0 Å². The van der Waals surface area contributed by atoms with E-state index in [4.69, 9.17) is 0 Å². The zero-order valence-electron chi connectivity index (χ0n) is 19.7. The summed E-state index contributed by atoms with van der Waals surface area (Å²) < 4.78 is 0. The molecule has 4 rings (SSSR count). The highest BCUT2D eigenvalue weighted by atomic mass is 16.4. The Labute approximate surface area is 193 Å². The van der Waals surface area contributed by atoms with Gasteiger partial charge < -0.3 is 14.9 Å². The average molecular weight is 441 g/mol. The van der Waals surface area contributed by atoms with Crippen LogP contribution in [0.25, 0.3) is 0 Å². The quantitative estimate of drug-likeness (QED) is 0.624. The summed E-state index contributed by atoms with van der Waals surface area (Å²) in [6.45, 7) is 5.65. The van der Waals surface area contributed by atoms with Crippen LogP contribution in [-0.4, -0.2) is 48.1 Å². The van der Waals surface area contributed by atoms with Gasteiger partial charge >= 0.3 is 5.97 Å². The van der Waals surface area contributed by atoms with Crippen molar-refractivity contribution in [2.24, 2.45) is 17.8 Å². The lowest BCUT2D eigenvalue weighted by Crippen LogP contribution is -2.39. The molecule has 5 nitrogen and oxygen atoms in total. The maximum Gasteiger partial charge on any atom is 0.307 e. The van der Waals surface area contributed by atoms with Gasteiger partial charge in [0.05, 0.1) is 5.92 Å². The second-order valence-corrected chi connectivity index (χ2v) is 10.3. The SMILES string of the molecule is CCCCC1CCC(C(=O)N2CCc3cc(CCN4CCCC(C(=O)O)C4)ccc32)CC1. The number of aliphatic carboxylic acids is 1. The molecule has 1 amide bonds. The summed E-state index contributed by atoms with van der Waals surface area (Å²) in [5.41, 5.74) is 3.72. The van der Waals surface area contributed by atoms with Crippen LogP contribution >= 0.6 is 0 Å². The first-order chi connectivity index (χ1) is 15.5. The lowest BCUT2D eigenvalue weighted by molar-refractivity contribution is -0.143. The Kier molecular flexibility index (Phi) is 7.88.